The molecule has 1 aromatic heterocycles. The standard InChI is InChI=1S/C16H12N2O2/c19-14-7-3-1-5-11(14)13-9-10-17-16(18-13)12-6-2-4-8-15(12)20/h1-10,19-20H. The van der Waals surface area contributed by atoms with Crippen molar-refractivity contribution in [2.24, 2.45) is 0 Å². The van der Waals surface area contributed by atoms with E-state index in [0.717, 1.165) is 0 Å². The summed E-state index contributed by atoms with van der Waals surface area (Å²) in [6.07, 6.45) is 1.61. The van der Waals surface area contributed by atoms with Gasteiger partial charge < -0.3 is 10.2 Å². The van der Waals surface area contributed by atoms with Crippen LogP contribution in [0.2, 0.25) is 0 Å². The van der Waals surface area contributed by atoms with Crippen LogP contribution in [0.3, 0.4) is 0 Å². The first-order valence-corrected chi connectivity index (χ1v) is 6.15. The van der Waals surface area contributed by atoms with E-state index < -0.39 is 0 Å². The van der Waals surface area contributed by atoms with Crippen LogP contribution in [0.25, 0.3) is 22.6 Å². The number of aromatic nitrogens is 2. The summed E-state index contributed by atoms with van der Waals surface area (Å²) >= 11 is 0. The van der Waals surface area contributed by atoms with Crippen molar-refractivity contribution in [3.8, 4) is 34.1 Å². The maximum atomic E-state index is 9.87. The number of hydrogen-bond acceptors (Lipinski definition) is 4. The van der Waals surface area contributed by atoms with E-state index >= 15 is 0 Å². The van der Waals surface area contributed by atoms with Crippen molar-refractivity contribution >= 4 is 0 Å². The van der Waals surface area contributed by atoms with Crippen LogP contribution in [0.15, 0.2) is 60.8 Å². The molecule has 2 aromatic carbocycles. The van der Waals surface area contributed by atoms with Gasteiger partial charge in [-0.25, -0.2) is 9.97 Å². The molecule has 0 aliphatic heterocycles. The Hall–Kier alpha value is -2.88. The molecule has 98 valence electrons. The highest BCUT2D eigenvalue weighted by molar-refractivity contribution is 5.70. The second-order valence-electron chi connectivity index (χ2n) is 4.30. The predicted octanol–water partition coefficient (Wildman–Crippen LogP) is 3.22. The maximum Gasteiger partial charge on any atom is 0.163 e. The first-order valence-electron chi connectivity index (χ1n) is 6.15. The predicted molar refractivity (Wildman–Crippen MR) is 76.2 cm³/mol. The molecule has 0 bridgehead atoms. The number of aromatic hydroxyl groups is 2. The Kier molecular flexibility index (Phi) is 3.05. The highest BCUT2D eigenvalue weighted by Crippen LogP contribution is 2.30. The zero-order valence-electron chi connectivity index (χ0n) is 10.6. The highest BCUT2D eigenvalue weighted by atomic mass is 16.3. The van der Waals surface area contributed by atoms with Gasteiger partial charge in [0, 0.05) is 11.8 Å². The lowest BCUT2D eigenvalue weighted by Crippen LogP contribution is -1.92. The molecule has 0 aliphatic carbocycles. The van der Waals surface area contributed by atoms with E-state index in [1.54, 1.807) is 48.7 Å². The minimum atomic E-state index is 0.127. The largest absolute Gasteiger partial charge is 0.507 e. The summed E-state index contributed by atoms with van der Waals surface area (Å²) in [6.45, 7) is 0. The molecule has 1 heterocycles. The van der Waals surface area contributed by atoms with Crippen LogP contribution in [-0.2, 0) is 0 Å². The van der Waals surface area contributed by atoms with Gasteiger partial charge in [0.1, 0.15) is 11.5 Å². The zero-order valence-corrected chi connectivity index (χ0v) is 10.6. The van der Waals surface area contributed by atoms with Gasteiger partial charge in [-0.05, 0) is 30.3 Å². The lowest BCUT2D eigenvalue weighted by Gasteiger charge is -2.06. The minimum absolute atomic E-state index is 0.127. The normalized spacial score (nSPS) is 10.4. The first kappa shape index (κ1) is 12.2. The average Bonchev–Trinajstić information content (AvgIpc) is 2.48. The molecule has 0 radical (unpaired) electrons. The van der Waals surface area contributed by atoms with E-state index in [0.29, 0.717) is 22.6 Å². The monoisotopic (exact) mass is 264 g/mol. The van der Waals surface area contributed by atoms with Gasteiger partial charge in [-0.2, -0.15) is 0 Å². The summed E-state index contributed by atoms with van der Waals surface area (Å²) in [6, 6.07) is 15.6. The Morgan fingerprint density at radius 2 is 1.30 bits per heavy atom. The molecular weight excluding hydrogens is 252 g/mol. The molecule has 0 saturated carbocycles. The third kappa shape index (κ3) is 2.19. The van der Waals surface area contributed by atoms with Gasteiger partial charge in [0.2, 0.25) is 0 Å². The molecule has 4 nitrogen and oxygen atoms in total. The van der Waals surface area contributed by atoms with Gasteiger partial charge in [-0.15, -0.1) is 0 Å². The summed E-state index contributed by atoms with van der Waals surface area (Å²) in [5.74, 6) is 0.709. The molecule has 2 N–H and O–H groups in total. The van der Waals surface area contributed by atoms with Gasteiger partial charge >= 0.3 is 0 Å². The van der Waals surface area contributed by atoms with Crippen molar-refractivity contribution < 1.29 is 10.2 Å². The summed E-state index contributed by atoms with van der Waals surface area (Å²) in [5, 5.41) is 19.7. The lowest BCUT2D eigenvalue weighted by molar-refractivity contribution is 0.477. The highest BCUT2D eigenvalue weighted by Gasteiger charge is 2.10. The van der Waals surface area contributed by atoms with Crippen LogP contribution in [0, 0.1) is 0 Å². The van der Waals surface area contributed by atoms with Gasteiger partial charge in [0.15, 0.2) is 5.82 Å². The molecule has 4 heteroatoms. The fourth-order valence-corrected chi connectivity index (χ4v) is 1.99. The van der Waals surface area contributed by atoms with Crippen molar-refractivity contribution in [2.45, 2.75) is 0 Å². The van der Waals surface area contributed by atoms with E-state index in [4.69, 9.17) is 0 Å². The van der Waals surface area contributed by atoms with E-state index in [-0.39, 0.29) is 11.5 Å². The van der Waals surface area contributed by atoms with E-state index in [1.807, 2.05) is 12.1 Å². The van der Waals surface area contributed by atoms with Crippen molar-refractivity contribution in [1.29, 1.82) is 0 Å². The van der Waals surface area contributed by atoms with E-state index in [2.05, 4.69) is 9.97 Å². The molecule has 3 aromatic rings. The molecule has 20 heavy (non-hydrogen) atoms. The molecule has 0 amide bonds. The minimum Gasteiger partial charge on any atom is -0.507 e. The Balaban J connectivity index is 2.12. The molecular formula is C16H12N2O2. The number of benzene rings is 2. The number of rotatable bonds is 2. The van der Waals surface area contributed by atoms with E-state index in [1.165, 1.54) is 0 Å². The van der Waals surface area contributed by atoms with Crippen molar-refractivity contribution in [1.82, 2.24) is 9.97 Å². The second-order valence-corrected chi connectivity index (χ2v) is 4.30. The Bertz CT molecular complexity index is 696. The molecule has 0 spiro atoms. The Labute approximate surface area is 116 Å². The van der Waals surface area contributed by atoms with Crippen LogP contribution in [-0.4, -0.2) is 20.2 Å². The van der Waals surface area contributed by atoms with E-state index in [9.17, 15) is 10.2 Å². The second kappa shape index (κ2) is 5.01. The van der Waals surface area contributed by atoms with Crippen LogP contribution >= 0.6 is 0 Å². The molecule has 0 saturated heterocycles. The topological polar surface area (TPSA) is 66.2 Å². The molecule has 0 unspecified atom stereocenters. The third-order valence-electron chi connectivity index (χ3n) is 2.98. The molecule has 0 fully saturated rings. The number of phenols is 2. The lowest BCUT2D eigenvalue weighted by atomic mass is 10.1. The molecule has 0 aliphatic rings. The summed E-state index contributed by atoms with van der Waals surface area (Å²) in [7, 11) is 0. The van der Waals surface area contributed by atoms with Gasteiger partial charge in [-0.3, -0.25) is 0 Å². The number of para-hydroxylation sites is 2. The third-order valence-corrected chi connectivity index (χ3v) is 2.98. The van der Waals surface area contributed by atoms with Gasteiger partial charge in [-0.1, -0.05) is 24.3 Å². The quantitative estimate of drug-likeness (QED) is 0.745. The van der Waals surface area contributed by atoms with Crippen LogP contribution in [0.4, 0.5) is 0 Å². The summed E-state index contributed by atoms with van der Waals surface area (Å²) in [5.41, 5.74) is 1.80. The smallest absolute Gasteiger partial charge is 0.163 e. The van der Waals surface area contributed by atoms with Gasteiger partial charge in [0.05, 0.1) is 11.3 Å². The fourth-order valence-electron chi connectivity index (χ4n) is 1.99. The SMILES string of the molecule is Oc1ccccc1-c1ccnc(-c2ccccc2O)n1. The number of nitrogens with zero attached hydrogens (tertiary/aromatic N) is 2. The number of hydrogen-bond donors (Lipinski definition) is 2. The zero-order chi connectivity index (χ0) is 13.9. The van der Waals surface area contributed by atoms with Crippen molar-refractivity contribution in [3.05, 3.63) is 60.8 Å². The van der Waals surface area contributed by atoms with Crippen LogP contribution < -0.4 is 0 Å². The molecule has 0 atom stereocenters. The fraction of sp³-hybridized carbons (Fsp3) is 0. The Morgan fingerprint density at radius 1 is 0.700 bits per heavy atom. The average molecular weight is 264 g/mol. The van der Waals surface area contributed by atoms with Gasteiger partial charge in [0.25, 0.3) is 0 Å². The Morgan fingerprint density at radius 3 is 1.95 bits per heavy atom. The van der Waals surface area contributed by atoms with Crippen molar-refractivity contribution in [3.63, 3.8) is 0 Å². The maximum absolute atomic E-state index is 9.87. The van der Waals surface area contributed by atoms with Crippen molar-refractivity contribution in [2.75, 3.05) is 0 Å². The first-order chi connectivity index (χ1) is 9.75. The molecule has 3 rings (SSSR count). The van der Waals surface area contributed by atoms with Crippen LogP contribution in [0.1, 0.15) is 0 Å². The summed E-state index contributed by atoms with van der Waals surface area (Å²) in [4.78, 5) is 8.58. The van der Waals surface area contributed by atoms with Crippen LogP contribution in [0.5, 0.6) is 11.5 Å². The summed E-state index contributed by atoms with van der Waals surface area (Å²) < 4.78 is 0. The number of phenolic OH excluding ortho intramolecular Hbond substituents is 2.